The molecule has 1 saturated heterocycles. The van der Waals surface area contributed by atoms with Crippen molar-refractivity contribution in [3.63, 3.8) is 0 Å². The SMILES string of the molecule is CCc1[nH]nc(Cl)c1CN1CCCC1. The average Bonchev–Trinajstić information content (AvgIpc) is 2.79. The van der Waals surface area contributed by atoms with Crippen LogP contribution >= 0.6 is 11.6 Å². The summed E-state index contributed by atoms with van der Waals surface area (Å²) in [4.78, 5) is 2.44. The summed E-state index contributed by atoms with van der Waals surface area (Å²) in [6.07, 6.45) is 3.61. The van der Waals surface area contributed by atoms with Crippen molar-refractivity contribution < 1.29 is 0 Å². The van der Waals surface area contributed by atoms with Crippen LogP contribution in [0.1, 0.15) is 31.0 Å². The first-order chi connectivity index (χ1) is 6.81. The molecule has 4 heteroatoms. The van der Waals surface area contributed by atoms with Crippen LogP contribution in [-0.4, -0.2) is 28.2 Å². The van der Waals surface area contributed by atoms with E-state index in [0.717, 1.165) is 13.0 Å². The molecule has 1 aliphatic rings. The molecule has 0 unspecified atom stereocenters. The van der Waals surface area contributed by atoms with Crippen molar-refractivity contribution in [1.29, 1.82) is 0 Å². The minimum absolute atomic E-state index is 0.647. The molecule has 1 fully saturated rings. The Bertz CT molecular complexity index is 302. The predicted molar refractivity (Wildman–Crippen MR) is 57.5 cm³/mol. The fourth-order valence-electron chi connectivity index (χ4n) is 1.99. The summed E-state index contributed by atoms with van der Waals surface area (Å²) in [7, 11) is 0. The summed E-state index contributed by atoms with van der Waals surface area (Å²) in [6, 6.07) is 0. The van der Waals surface area contributed by atoms with Crippen molar-refractivity contribution in [1.82, 2.24) is 15.1 Å². The van der Waals surface area contributed by atoms with Crippen LogP contribution in [0.25, 0.3) is 0 Å². The summed E-state index contributed by atoms with van der Waals surface area (Å²) < 4.78 is 0. The molecule has 0 bridgehead atoms. The van der Waals surface area contributed by atoms with Gasteiger partial charge in [-0.05, 0) is 32.4 Å². The second-order valence-electron chi connectivity index (χ2n) is 3.81. The summed E-state index contributed by atoms with van der Waals surface area (Å²) >= 11 is 6.03. The van der Waals surface area contributed by atoms with Crippen molar-refractivity contribution >= 4 is 11.6 Å². The van der Waals surface area contributed by atoms with E-state index in [1.54, 1.807) is 0 Å². The van der Waals surface area contributed by atoms with Crippen molar-refractivity contribution in [2.75, 3.05) is 13.1 Å². The van der Waals surface area contributed by atoms with Gasteiger partial charge in [0.05, 0.1) is 0 Å². The highest BCUT2D eigenvalue weighted by molar-refractivity contribution is 6.30. The van der Waals surface area contributed by atoms with Gasteiger partial charge in [-0.2, -0.15) is 5.10 Å². The molecule has 2 rings (SSSR count). The highest BCUT2D eigenvalue weighted by Gasteiger charge is 2.17. The Kier molecular flexibility index (Phi) is 3.08. The van der Waals surface area contributed by atoms with Gasteiger partial charge >= 0.3 is 0 Å². The van der Waals surface area contributed by atoms with E-state index in [4.69, 9.17) is 11.6 Å². The Hall–Kier alpha value is -0.540. The third-order valence-electron chi connectivity index (χ3n) is 2.84. The van der Waals surface area contributed by atoms with Crippen molar-refractivity contribution in [2.45, 2.75) is 32.7 Å². The topological polar surface area (TPSA) is 31.9 Å². The summed E-state index contributed by atoms with van der Waals surface area (Å²) in [5, 5.41) is 7.68. The van der Waals surface area contributed by atoms with Crippen LogP contribution in [0, 0.1) is 0 Å². The average molecular weight is 214 g/mol. The molecule has 78 valence electrons. The van der Waals surface area contributed by atoms with Crippen LogP contribution in [0.15, 0.2) is 0 Å². The smallest absolute Gasteiger partial charge is 0.155 e. The molecule has 1 aromatic heterocycles. The van der Waals surface area contributed by atoms with E-state index in [-0.39, 0.29) is 0 Å². The predicted octanol–water partition coefficient (Wildman–Crippen LogP) is 2.22. The van der Waals surface area contributed by atoms with Gasteiger partial charge in [0, 0.05) is 17.8 Å². The van der Waals surface area contributed by atoms with Gasteiger partial charge in [0.1, 0.15) is 0 Å². The Balaban J connectivity index is 2.09. The Labute approximate surface area is 89.4 Å². The Morgan fingerprint density at radius 1 is 1.43 bits per heavy atom. The molecule has 0 amide bonds. The van der Waals surface area contributed by atoms with Crippen molar-refractivity contribution in [3.8, 4) is 0 Å². The van der Waals surface area contributed by atoms with Crippen LogP contribution in [0.3, 0.4) is 0 Å². The van der Waals surface area contributed by atoms with E-state index < -0.39 is 0 Å². The van der Waals surface area contributed by atoms with Gasteiger partial charge in [-0.1, -0.05) is 18.5 Å². The zero-order chi connectivity index (χ0) is 9.97. The first kappa shape index (κ1) is 9.99. The van der Waals surface area contributed by atoms with E-state index in [0.29, 0.717) is 5.15 Å². The number of rotatable bonds is 3. The molecule has 0 aromatic carbocycles. The number of hydrogen-bond acceptors (Lipinski definition) is 2. The minimum atomic E-state index is 0.647. The summed E-state index contributed by atoms with van der Waals surface area (Å²) in [6.45, 7) is 5.48. The molecular formula is C10H16ClN3. The lowest BCUT2D eigenvalue weighted by molar-refractivity contribution is 0.330. The molecule has 0 saturated carbocycles. The molecule has 0 spiro atoms. The van der Waals surface area contributed by atoms with Gasteiger partial charge < -0.3 is 0 Å². The van der Waals surface area contributed by atoms with Crippen LogP contribution in [0.4, 0.5) is 0 Å². The van der Waals surface area contributed by atoms with Gasteiger partial charge in [0.25, 0.3) is 0 Å². The maximum absolute atomic E-state index is 6.03. The maximum Gasteiger partial charge on any atom is 0.155 e. The van der Waals surface area contributed by atoms with Crippen molar-refractivity contribution in [2.24, 2.45) is 0 Å². The molecule has 2 heterocycles. The second kappa shape index (κ2) is 4.32. The highest BCUT2D eigenvalue weighted by Crippen LogP contribution is 2.21. The largest absolute Gasteiger partial charge is 0.299 e. The highest BCUT2D eigenvalue weighted by atomic mass is 35.5. The molecule has 1 aliphatic heterocycles. The number of hydrogen-bond donors (Lipinski definition) is 1. The third-order valence-corrected chi connectivity index (χ3v) is 3.15. The second-order valence-corrected chi connectivity index (χ2v) is 4.17. The lowest BCUT2D eigenvalue weighted by Crippen LogP contribution is -2.19. The molecule has 1 N–H and O–H groups in total. The molecule has 0 radical (unpaired) electrons. The monoisotopic (exact) mass is 213 g/mol. The first-order valence-electron chi connectivity index (χ1n) is 5.25. The minimum Gasteiger partial charge on any atom is -0.299 e. The zero-order valence-corrected chi connectivity index (χ0v) is 9.27. The van der Waals surface area contributed by atoms with Gasteiger partial charge in [-0.25, -0.2) is 0 Å². The van der Waals surface area contributed by atoms with Crippen LogP contribution in [0.5, 0.6) is 0 Å². The van der Waals surface area contributed by atoms with E-state index in [1.165, 1.54) is 37.2 Å². The van der Waals surface area contributed by atoms with Gasteiger partial charge in [0.2, 0.25) is 0 Å². The number of aromatic amines is 1. The summed E-state index contributed by atoms with van der Waals surface area (Å²) in [5.41, 5.74) is 2.37. The van der Waals surface area contributed by atoms with E-state index in [2.05, 4.69) is 22.0 Å². The summed E-state index contributed by atoms with van der Waals surface area (Å²) in [5.74, 6) is 0. The fraction of sp³-hybridized carbons (Fsp3) is 0.700. The number of halogens is 1. The Morgan fingerprint density at radius 3 is 2.79 bits per heavy atom. The molecule has 3 nitrogen and oxygen atoms in total. The number of nitrogens with one attached hydrogen (secondary N) is 1. The van der Waals surface area contributed by atoms with Crippen LogP contribution in [0.2, 0.25) is 5.15 Å². The van der Waals surface area contributed by atoms with E-state index in [1.807, 2.05) is 0 Å². The molecular weight excluding hydrogens is 198 g/mol. The maximum atomic E-state index is 6.03. The number of aryl methyl sites for hydroxylation is 1. The van der Waals surface area contributed by atoms with Gasteiger partial charge in [-0.15, -0.1) is 0 Å². The normalized spacial score (nSPS) is 17.9. The fourth-order valence-corrected chi connectivity index (χ4v) is 2.21. The molecule has 1 aromatic rings. The molecule has 0 atom stereocenters. The van der Waals surface area contributed by atoms with Crippen LogP contribution in [-0.2, 0) is 13.0 Å². The molecule has 14 heavy (non-hydrogen) atoms. The number of nitrogens with zero attached hydrogens (tertiary/aromatic N) is 2. The zero-order valence-electron chi connectivity index (χ0n) is 8.52. The Morgan fingerprint density at radius 2 is 2.14 bits per heavy atom. The van der Waals surface area contributed by atoms with Gasteiger partial charge in [0.15, 0.2) is 5.15 Å². The van der Waals surface area contributed by atoms with Crippen molar-refractivity contribution in [3.05, 3.63) is 16.4 Å². The number of likely N-dealkylation sites (tertiary alicyclic amines) is 1. The van der Waals surface area contributed by atoms with E-state index >= 15 is 0 Å². The number of H-pyrrole nitrogens is 1. The number of aromatic nitrogens is 2. The van der Waals surface area contributed by atoms with Gasteiger partial charge in [-0.3, -0.25) is 10.00 Å². The third kappa shape index (κ3) is 1.93. The van der Waals surface area contributed by atoms with Crippen LogP contribution < -0.4 is 0 Å². The standard InChI is InChI=1S/C10H16ClN3/c1-2-9-8(10(11)13-12-9)7-14-5-3-4-6-14/h2-7H2,1H3,(H,12,13). The lowest BCUT2D eigenvalue weighted by Gasteiger charge is -2.14. The first-order valence-corrected chi connectivity index (χ1v) is 5.63. The van der Waals surface area contributed by atoms with E-state index in [9.17, 15) is 0 Å². The lowest BCUT2D eigenvalue weighted by atomic mass is 10.2. The quantitative estimate of drug-likeness (QED) is 0.835. The molecule has 0 aliphatic carbocycles.